The number of non-ortho nitro benzene ring substituents is 1. The summed E-state index contributed by atoms with van der Waals surface area (Å²) in [5, 5.41) is 10.7. The lowest BCUT2D eigenvalue weighted by Gasteiger charge is -2.10. The van der Waals surface area contributed by atoms with Crippen LogP contribution in [0.3, 0.4) is 0 Å². The number of nitro groups is 1. The zero-order chi connectivity index (χ0) is 17.7. The summed E-state index contributed by atoms with van der Waals surface area (Å²) in [6, 6.07) is 12.0. The minimum Gasteiger partial charge on any atom is -0.491 e. The summed E-state index contributed by atoms with van der Waals surface area (Å²) in [6.07, 6.45) is 0.0585. The molecule has 2 rings (SSSR count). The first-order chi connectivity index (χ1) is 11.3. The number of rotatable bonds is 7. The predicted octanol–water partition coefficient (Wildman–Crippen LogP) is 2.86. The van der Waals surface area contributed by atoms with E-state index in [0.717, 1.165) is 11.6 Å². The van der Waals surface area contributed by atoms with Gasteiger partial charge >= 0.3 is 0 Å². The number of nitro benzene ring substituents is 1. The van der Waals surface area contributed by atoms with Gasteiger partial charge in [0.05, 0.1) is 15.9 Å². The van der Waals surface area contributed by atoms with Gasteiger partial charge in [-0.05, 0) is 37.6 Å². The zero-order valence-electron chi connectivity index (χ0n) is 13.3. The molecule has 0 saturated heterocycles. The first kappa shape index (κ1) is 17.9. The van der Waals surface area contributed by atoms with E-state index in [1.54, 1.807) is 24.3 Å². The molecule has 0 aromatic heterocycles. The number of hydrogen-bond acceptors (Lipinski definition) is 5. The lowest BCUT2D eigenvalue weighted by Crippen LogP contribution is -2.23. The van der Waals surface area contributed by atoms with Crippen LogP contribution in [-0.2, 0) is 16.6 Å². The van der Waals surface area contributed by atoms with Gasteiger partial charge in [0.2, 0.25) is 10.0 Å². The summed E-state index contributed by atoms with van der Waals surface area (Å²) < 4.78 is 32.4. The SMILES string of the molecule is CC(C)Oc1ccc(CNS(=O)(=O)c2cccc([N+](=O)[O-])c2)cc1. The van der Waals surface area contributed by atoms with Crippen LogP contribution >= 0.6 is 0 Å². The Bertz CT molecular complexity index is 817. The maximum absolute atomic E-state index is 12.2. The highest BCUT2D eigenvalue weighted by Crippen LogP contribution is 2.18. The van der Waals surface area contributed by atoms with E-state index in [1.165, 1.54) is 18.2 Å². The number of benzene rings is 2. The highest BCUT2D eigenvalue weighted by Gasteiger charge is 2.17. The largest absolute Gasteiger partial charge is 0.491 e. The second-order valence-electron chi connectivity index (χ2n) is 5.39. The maximum atomic E-state index is 12.2. The Balaban J connectivity index is 2.07. The summed E-state index contributed by atoms with van der Waals surface area (Å²) in [4.78, 5) is 9.97. The highest BCUT2D eigenvalue weighted by molar-refractivity contribution is 7.89. The van der Waals surface area contributed by atoms with Gasteiger partial charge in [-0.2, -0.15) is 0 Å². The van der Waals surface area contributed by atoms with Crippen LogP contribution in [0.2, 0.25) is 0 Å². The van der Waals surface area contributed by atoms with E-state index in [4.69, 9.17) is 4.74 Å². The van der Waals surface area contributed by atoms with Crippen LogP contribution in [0.5, 0.6) is 5.75 Å². The van der Waals surface area contributed by atoms with Crippen molar-refractivity contribution in [1.29, 1.82) is 0 Å². The van der Waals surface area contributed by atoms with Crippen molar-refractivity contribution in [1.82, 2.24) is 4.72 Å². The molecule has 0 saturated carbocycles. The monoisotopic (exact) mass is 350 g/mol. The number of sulfonamides is 1. The molecule has 0 aliphatic rings. The van der Waals surface area contributed by atoms with Crippen LogP contribution in [0.4, 0.5) is 5.69 Å². The molecular formula is C16H18N2O5S. The molecule has 0 radical (unpaired) electrons. The molecule has 0 unspecified atom stereocenters. The topological polar surface area (TPSA) is 98.5 Å². The van der Waals surface area contributed by atoms with Crippen molar-refractivity contribution >= 4 is 15.7 Å². The fraction of sp³-hybridized carbons (Fsp3) is 0.250. The van der Waals surface area contributed by atoms with Crippen molar-refractivity contribution in [3.8, 4) is 5.75 Å². The van der Waals surface area contributed by atoms with Gasteiger partial charge in [0, 0.05) is 18.7 Å². The lowest BCUT2D eigenvalue weighted by atomic mass is 10.2. The van der Waals surface area contributed by atoms with E-state index >= 15 is 0 Å². The van der Waals surface area contributed by atoms with Crippen molar-refractivity contribution in [3.05, 3.63) is 64.2 Å². The fourth-order valence-corrected chi connectivity index (χ4v) is 3.04. The molecule has 0 amide bonds. The van der Waals surface area contributed by atoms with Gasteiger partial charge in [-0.25, -0.2) is 13.1 Å². The van der Waals surface area contributed by atoms with Crippen molar-refractivity contribution in [2.45, 2.75) is 31.4 Å². The summed E-state index contributed by atoms with van der Waals surface area (Å²) in [7, 11) is -3.83. The molecule has 0 aliphatic carbocycles. The van der Waals surface area contributed by atoms with Gasteiger partial charge in [0.25, 0.3) is 5.69 Å². The Labute approximate surface area is 140 Å². The van der Waals surface area contributed by atoms with E-state index in [0.29, 0.717) is 5.75 Å². The number of nitrogens with zero attached hydrogens (tertiary/aromatic N) is 1. The Morgan fingerprint density at radius 2 is 1.83 bits per heavy atom. The third-order valence-corrected chi connectivity index (χ3v) is 4.50. The van der Waals surface area contributed by atoms with Gasteiger partial charge in [-0.1, -0.05) is 18.2 Å². The zero-order valence-corrected chi connectivity index (χ0v) is 14.1. The van der Waals surface area contributed by atoms with Crippen LogP contribution in [0, 0.1) is 10.1 Å². The Morgan fingerprint density at radius 1 is 1.17 bits per heavy atom. The molecule has 0 atom stereocenters. The molecule has 24 heavy (non-hydrogen) atoms. The van der Waals surface area contributed by atoms with E-state index in [1.807, 2.05) is 13.8 Å². The molecule has 0 spiro atoms. The highest BCUT2D eigenvalue weighted by atomic mass is 32.2. The molecule has 0 fully saturated rings. The van der Waals surface area contributed by atoms with E-state index in [-0.39, 0.29) is 23.2 Å². The van der Waals surface area contributed by atoms with Gasteiger partial charge in [-0.15, -0.1) is 0 Å². The van der Waals surface area contributed by atoms with Crippen LogP contribution < -0.4 is 9.46 Å². The second kappa shape index (κ2) is 7.41. The molecule has 8 heteroatoms. The standard InChI is InChI=1S/C16H18N2O5S/c1-12(2)23-15-8-6-13(7-9-15)11-17-24(21,22)16-5-3-4-14(10-16)18(19)20/h3-10,12,17H,11H2,1-2H3. The van der Waals surface area contributed by atoms with Crippen LogP contribution in [-0.4, -0.2) is 19.4 Å². The molecule has 7 nitrogen and oxygen atoms in total. The average Bonchev–Trinajstić information content (AvgIpc) is 2.54. The van der Waals surface area contributed by atoms with E-state index in [9.17, 15) is 18.5 Å². The molecule has 0 heterocycles. The van der Waals surface area contributed by atoms with Crippen molar-refractivity contribution in [3.63, 3.8) is 0 Å². The third-order valence-electron chi connectivity index (χ3n) is 3.10. The molecule has 0 aliphatic heterocycles. The Kier molecular flexibility index (Phi) is 5.53. The number of nitrogens with one attached hydrogen (secondary N) is 1. The van der Waals surface area contributed by atoms with Crippen LogP contribution in [0.25, 0.3) is 0 Å². The van der Waals surface area contributed by atoms with Crippen LogP contribution in [0.1, 0.15) is 19.4 Å². The van der Waals surface area contributed by atoms with Gasteiger partial charge in [0.1, 0.15) is 5.75 Å². The Hall–Kier alpha value is -2.45. The fourth-order valence-electron chi connectivity index (χ4n) is 1.98. The van der Waals surface area contributed by atoms with Crippen molar-refractivity contribution in [2.24, 2.45) is 0 Å². The predicted molar refractivity (Wildman–Crippen MR) is 89.3 cm³/mol. The van der Waals surface area contributed by atoms with E-state index in [2.05, 4.69) is 4.72 Å². The molecule has 2 aromatic rings. The van der Waals surface area contributed by atoms with Gasteiger partial charge in [0.15, 0.2) is 0 Å². The quantitative estimate of drug-likeness (QED) is 0.611. The summed E-state index contributed by atoms with van der Waals surface area (Å²) in [5.74, 6) is 0.704. The van der Waals surface area contributed by atoms with Crippen molar-refractivity contribution in [2.75, 3.05) is 0 Å². The maximum Gasteiger partial charge on any atom is 0.270 e. The summed E-state index contributed by atoms with van der Waals surface area (Å²) >= 11 is 0. The summed E-state index contributed by atoms with van der Waals surface area (Å²) in [5.41, 5.74) is 0.480. The molecule has 128 valence electrons. The van der Waals surface area contributed by atoms with Gasteiger partial charge < -0.3 is 4.74 Å². The molecule has 2 aromatic carbocycles. The minimum atomic E-state index is -3.83. The van der Waals surface area contributed by atoms with Gasteiger partial charge in [-0.3, -0.25) is 10.1 Å². The summed E-state index contributed by atoms with van der Waals surface area (Å²) in [6.45, 7) is 3.91. The molecule has 0 bridgehead atoms. The molecule has 1 N–H and O–H groups in total. The average molecular weight is 350 g/mol. The second-order valence-corrected chi connectivity index (χ2v) is 7.16. The lowest BCUT2D eigenvalue weighted by molar-refractivity contribution is -0.385. The molecular weight excluding hydrogens is 332 g/mol. The third kappa shape index (κ3) is 4.77. The Morgan fingerprint density at radius 3 is 2.42 bits per heavy atom. The first-order valence-corrected chi connectivity index (χ1v) is 8.76. The van der Waals surface area contributed by atoms with Crippen molar-refractivity contribution < 1.29 is 18.1 Å². The first-order valence-electron chi connectivity index (χ1n) is 7.27. The number of ether oxygens (including phenoxy) is 1. The number of hydrogen-bond donors (Lipinski definition) is 1. The van der Waals surface area contributed by atoms with E-state index < -0.39 is 14.9 Å². The normalized spacial score (nSPS) is 11.5. The minimum absolute atomic E-state index is 0.0585. The van der Waals surface area contributed by atoms with Crippen LogP contribution in [0.15, 0.2) is 53.4 Å². The smallest absolute Gasteiger partial charge is 0.270 e.